The second kappa shape index (κ2) is 5.36. The number of hydrogen-bond acceptors (Lipinski definition) is 3. The van der Waals surface area contributed by atoms with E-state index in [9.17, 15) is 0 Å². The molecule has 1 heterocycles. The van der Waals surface area contributed by atoms with E-state index in [1.165, 1.54) is 0 Å². The van der Waals surface area contributed by atoms with Crippen molar-refractivity contribution in [3.8, 4) is 5.75 Å². The van der Waals surface area contributed by atoms with E-state index >= 15 is 0 Å². The molecule has 0 saturated heterocycles. The van der Waals surface area contributed by atoms with Crippen molar-refractivity contribution in [3.05, 3.63) is 36.0 Å². The van der Waals surface area contributed by atoms with Gasteiger partial charge in [0, 0.05) is 17.1 Å². The van der Waals surface area contributed by atoms with Crippen molar-refractivity contribution in [3.63, 3.8) is 0 Å². The lowest BCUT2D eigenvalue weighted by molar-refractivity contribution is 0.262. The molecule has 0 spiro atoms. The van der Waals surface area contributed by atoms with E-state index in [1.54, 1.807) is 0 Å². The molecule has 0 bridgehead atoms. The zero-order valence-electron chi connectivity index (χ0n) is 11.2. The summed E-state index contributed by atoms with van der Waals surface area (Å²) in [6, 6.07) is 10.1. The second-order valence-corrected chi connectivity index (χ2v) is 5.00. The van der Waals surface area contributed by atoms with Gasteiger partial charge in [-0.2, -0.15) is 0 Å². The number of nitrogens with zero attached hydrogens (tertiary/aromatic N) is 1. The van der Waals surface area contributed by atoms with Crippen molar-refractivity contribution in [2.24, 2.45) is 11.7 Å². The van der Waals surface area contributed by atoms with E-state index in [2.05, 4.69) is 24.9 Å². The van der Waals surface area contributed by atoms with E-state index in [4.69, 9.17) is 10.5 Å². The van der Waals surface area contributed by atoms with Crippen LogP contribution in [-0.4, -0.2) is 17.6 Å². The number of pyridine rings is 1. The van der Waals surface area contributed by atoms with E-state index in [0.29, 0.717) is 12.5 Å². The first-order chi connectivity index (χ1) is 8.58. The summed E-state index contributed by atoms with van der Waals surface area (Å²) in [5, 5.41) is 1.09. The molecule has 0 aliphatic carbocycles. The van der Waals surface area contributed by atoms with E-state index in [-0.39, 0.29) is 6.04 Å². The molecule has 1 aromatic carbocycles. The molecule has 2 rings (SSSR count). The molecule has 1 unspecified atom stereocenters. The number of benzene rings is 1. The van der Waals surface area contributed by atoms with Gasteiger partial charge in [-0.15, -0.1) is 0 Å². The molecule has 1 aromatic heterocycles. The maximum atomic E-state index is 5.99. The van der Waals surface area contributed by atoms with Gasteiger partial charge in [-0.1, -0.05) is 32.0 Å². The first-order valence-electron chi connectivity index (χ1n) is 6.32. The number of aryl methyl sites for hydroxylation is 1. The summed E-state index contributed by atoms with van der Waals surface area (Å²) in [4.78, 5) is 4.53. The lowest BCUT2D eigenvalue weighted by Crippen LogP contribution is -2.33. The Morgan fingerprint density at radius 2 is 2.00 bits per heavy atom. The molecule has 3 nitrogen and oxygen atoms in total. The van der Waals surface area contributed by atoms with Gasteiger partial charge in [0.2, 0.25) is 0 Å². The fraction of sp³-hybridized carbons (Fsp3) is 0.400. The zero-order chi connectivity index (χ0) is 13.1. The molecule has 0 aliphatic rings. The third kappa shape index (κ3) is 2.79. The predicted octanol–water partition coefficient (Wildman–Crippen LogP) is 2.91. The Balaban J connectivity index is 2.25. The largest absolute Gasteiger partial charge is 0.490 e. The van der Waals surface area contributed by atoms with Crippen LogP contribution in [-0.2, 0) is 0 Å². The van der Waals surface area contributed by atoms with Crippen molar-refractivity contribution in [2.45, 2.75) is 26.8 Å². The average molecular weight is 244 g/mol. The Morgan fingerprint density at radius 3 is 2.72 bits per heavy atom. The van der Waals surface area contributed by atoms with Crippen LogP contribution in [0.4, 0.5) is 0 Å². The zero-order valence-corrected chi connectivity index (χ0v) is 11.2. The van der Waals surface area contributed by atoms with Gasteiger partial charge in [0.05, 0.1) is 0 Å². The third-order valence-corrected chi connectivity index (χ3v) is 3.11. The summed E-state index contributed by atoms with van der Waals surface area (Å²) in [5.74, 6) is 1.22. The fourth-order valence-corrected chi connectivity index (χ4v) is 1.71. The van der Waals surface area contributed by atoms with Crippen LogP contribution in [0.3, 0.4) is 0 Å². The highest BCUT2D eigenvalue weighted by Crippen LogP contribution is 2.24. The highest BCUT2D eigenvalue weighted by atomic mass is 16.5. The van der Waals surface area contributed by atoms with Crippen LogP contribution < -0.4 is 10.5 Å². The van der Waals surface area contributed by atoms with Gasteiger partial charge in [-0.3, -0.25) is 0 Å². The van der Waals surface area contributed by atoms with Gasteiger partial charge in [0.25, 0.3) is 0 Å². The maximum Gasteiger partial charge on any atom is 0.145 e. The lowest BCUT2D eigenvalue weighted by Gasteiger charge is -2.17. The topological polar surface area (TPSA) is 48.1 Å². The summed E-state index contributed by atoms with van der Waals surface area (Å²) in [6.07, 6.45) is 0. The van der Waals surface area contributed by atoms with Gasteiger partial charge in [-0.05, 0) is 25.0 Å². The number of fused-ring (bicyclic) bond motifs is 1. The molecule has 2 aromatic rings. The summed E-state index contributed by atoms with van der Waals surface area (Å²) >= 11 is 0. The minimum absolute atomic E-state index is 0.0464. The van der Waals surface area contributed by atoms with Gasteiger partial charge in [0.15, 0.2) is 0 Å². The monoisotopic (exact) mass is 244 g/mol. The quantitative estimate of drug-likeness (QED) is 0.899. The fourth-order valence-electron chi connectivity index (χ4n) is 1.71. The van der Waals surface area contributed by atoms with Crippen LogP contribution in [0.25, 0.3) is 10.9 Å². The molecule has 18 heavy (non-hydrogen) atoms. The Hall–Kier alpha value is -1.61. The van der Waals surface area contributed by atoms with Crippen LogP contribution in [0.15, 0.2) is 30.3 Å². The SMILES string of the molecule is Cc1ccc2cccc(OCC(N)C(C)C)c2n1. The maximum absolute atomic E-state index is 5.99. The molecule has 3 heteroatoms. The number of para-hydroxylation sites is 1. The second-order valence-electron chi connectivity index (χ2n) is 5.00. The van der Waals surface area contributed by atoms with Gasteiger partial charge >= 0.3 is 0 Å². The van der Waals surface area contributed by atoms with E-state index in [1.807, 2.05) is 31.2 Å². The number of ether oxygens (including phenoxy) is 1. The van der Waals surface area contributed by atoms with Crippen LogP contribution in [0, 0.1) is 12.8 Å². The van der Waals surface area contributed by atoms with Crippen molar-refractivity contribution < 1.29 is 4.74 Å². The number of hydrogen-bond donors (Lipinski definition) is 1. The molecule has 1 atom stereocenters. The van der Waals surface area contributed by atoms with Crippen LogP contribution in [0.1, 0.15) is 19.5 Å². The van der Waals surface area contributed by atoms with Crippen molar-refractivity contribution in [2.75, 3.05) is 6.61 Å². The van der Waals surface area contributed by atoms with Crippen LogP contribution >= 0.6 is 0 Å². The van der Waals surface area contributed by atoms with Gasteiger partial charge < -0.3 is 10.5 Å². The summed E-state index contributed by atoms with van der Waals surface area (Å²) in [5.41, 5.74) is 7.90. The molecule has 0 fully saturated rings. The average Bonchev–Trinajstić information content (AvgIpc) is 2.35. The minimum atomic E-state index is 0.0464. The van der Waals surface area contributed by atoms with Gasteiger partial charge in [-0.25, -0.2) is 4.98 Å². The van der Waals surface area contributed by atoms with Crippen LogP contribution in [0.5, 0.6) is 5.75 Å². The summed E-state index contributed by atoms with van der Waals surface area (Å²) in [7, 11) is 0. The Kier molecular flexibility index (Phi) is 3.82. The molecular weight excluding hydrogens is 224 g/mol. The highest BCUT2D eigenvalue weighted by Gasteiger charge is 2.10. The highest BCUT2D eigenvalue weighted by molar-refractivity contribution is 5.84. The summed E-state index contributed by atoms with van der Waals surface area (Å²) in [6.45, 7) is 6.70. The number of aromatic nitrogens is 1. The Bertz CT molecular complexity index is 537. The normalized spacial score (nSPS) is 12.9. The number of rotatable bonds is 4. The summed E-state index contributed by atoms with van der Waals surface area (Å²) < 4.78 is 5.81. The van der Waals surface area contributed by atoms with Crippen LogP contribution in [0.2, 0.25) is 0 Å². The predicted molar refractivity (Wildman–Crippen MR) is 74.8 cm³/mol. The van der Waals surface area contributed by atoms with Crippen molar-refractivity contribution in [1.82, 2.24) is 4.98 Å². The van der Waals surface area contributed by atoms with Crippen molar-refractivity contribution in [1.29, 1.82) is 0 Å². The molecule has 0 amide bonds. The first-order valence-corrected chi connectivity index (χ1v) is 6.32. The smallest absolute Gasteiger partial charge is 0.145 e. The first kappa shape index (κ1) is 12.8. The molecule has 0 aliphatic heterocycles. The van der Waals surface area contributed by atoms with E-state index in [0.717, 1.165) is 22.3 Å². The molecule has 2 N–H and O–H groups in total. The molecular formula is C15H20N2O. The number of nitrogens with two attached hydrogens (primary N) is 1. The van der Waals surface area contributed by atoms with Gasteiger partial charge in [0.1, 0.15) is 17.9 Å². The van der Waals surface area contributed by atoms with E-state index < -0.39 is 0 Å². The van der Waals surface area contributed by atoms with Crippen molar-refractivity contribution >= 4 is 10.9 Å². The Labute approximate surface area is 108 Å². The lowest BCUT2D eigenvalue weighted by atomic mass is 10.1. The standard InChI is InChI=1S/C15H20N2O/c1-10(2)13(16)9-18-14-6-4-5-12-8-7-11(3)17-15(12)14/h4-8,10,13H,9,16H2,1-3H3. The molecule has 0 saturated carbocycles. The molecule has 96 valence electrons. The third-order valence-electron chi connectivity index (χ3n) is 3.11. The minimum Gasteiger partial charge on any atom is -0.490 e. The molecule has 0 radical (unpaired) electrons. The Morgan fingerprint density at radius 1 is 1.22 bits per heavy atom.